The summed E-state index contributed by atoms with van der Waals surface area (Å²) in [4.78, 5) is 0. The average molecular weight is 301 g/mol. The second-order valence-corrected chi connectivity index (χ2v) is 6.55. The van der Waals surface area contributed by atoms with E-state index >= 15 is 0 Å². The maximum absolute atomic E-state index is 10.7. The van der Waals surface area contributed by atoms with Gasteiger partial charge in [0, 0.05) is 13.0 Å². The van der Waals surface area contributed by atoms with E-state index in [0.29, 0.717) is 36.7 Å². The molecule has 0 aliphatic heterocycles. The highest BCUT2D eigenvalue weighted by molar-refractivity contribution is 6.31. The Hall–Kier alpha value is -0.580. The van der Waals surface area contributed by atoms with E-state index in [4.69, 9.17) is 11.6 Å². The first-order valence-electron chi connectivity index (χ1n) is 7.49. The van der Waals surface area contributed by atoms with Crippen molar-refractivity contribution >= 4 is 11.6 Å². The van der Waals surface area contributed by atoms with Crippen molar-refractivity contribution in [3.8, 4) is 0 Å². The maximum atomic E-state index is 10.7. The highest BCUT2D eigenvalue weighted by Gasteiger charge is 2.39. The minimum absolute atomic E-state index is 0.360. The number of aliphatic hydroxyl groups excluding tert-OH is 1. The Morgan fingerprint density at radius 1 is 1.45 bits per heavy atom. The molecule has 0 amide bonds. The summed E-state index contributed by atoms with van der Waals surface area (Å²) in [6.45, 7) is 6.76. The highest BCUT2D eigenvalue weighted by atomic mass is 35.5. The largest absolute Gasteiger partial charge is 0.390 e. The molecule has 5 heteroatoms. The van der Waals surface area contributed by atoms with Crippen LogP contribution in [0.1, 0.15) is 50.9 Å². The third-order valence-corrected chi connectivity index (χ3v) is 5.09. The first-order valence-corrected chi connectivity index (χ1v) is 7.87. The number of hydrogen-bond acceptors (Lipinski definition) is 3. The molecule has 1 aliphatic rings. The van der Waals surface area contributed by atoms with Crippen LogP contribution in [0.3, 0.4) is 0 Å². The quantitative estimate of drug-likeness (QED) is 0.899. The van der Waals surface area contributed by atoms with Crippen molar-refractivity contribution in [1.29, 1.82) is 0 Å². The molecule has 0 saturated heterocycles. The fraction of sp³-hybridized carbons (Fsp3) is 0.800. The van der Waals surface area contributed by atoms with Crippen molar-refractivity contribution in [2.45, 2.75) is 71.1 Å². The lowest BCUT2D eigenvalue weighted by Crippen LogP contribution is -2.46. The Morgan fingerprint density at radius 2 is 2.05 bits per heavy atom. The van der Waals surface area contributed by atoms with Gasteiger partial charge in [0.25, 0.3) is 0 Å². The van der Waals surface area contributed by atoms with Crippen LogP contribution in [0.25, 0.3) is 0 Å². The molecule has 0 spiro atoms. The molecule has 1 atom stereocenters. The lowest BCUT2D eigenvalue weighted by molar-refractivity contribution is -0.103. The number of rotatable bonds is 4. The van der Waals surface area contributed by atoms with Crippen molar-refractivity contribution in [1.82, 2.24) is 9.78 Å². The molecule has 1 aromatic rings. The van der Waals surface area contributed by atoms with E-state index < -0.39 is 11.7 Å². The van der Waals surface area contributed by atoms with Gasteiger partial charge < -0.3 is 10.2 Å². The maximum Gasteiger partial charge on any atom is 0.0909 e. The Labute approximate surface area is 125 Å². The summed E-state index contributed by atoms with van der Waals surface area (Å²) in [7, 11) is 0. The van der Waals surface area contributed by atoms with Crippen molar-refractivity contribution in [2.24, 2.45) is 5.92 Å². The number of aromatic nitrogens is 2. The van der Waals surface area contributed by atoms with E-state index in [9.17, 15) is 10.2 Å². The van der Waals surface area contributed by atoms with Crippen LogP contribution in [-0.2, 0) is 13.0 Å². The van der Waals surface area contributed by atoms with Gasteiger partial charge in [0.05, 0.1) is 28.1 Å². The second-order valence-electron chi connectivity index (χ2n) is 6.17. The predicted octanol–water partition coefficient (Wildman–Crippen LogP) is 2.71. The van der Waals surface area contributed by atoms with Crippen LogP contribution < -0.4 is 0 Å². The molecular weight excluding hydrogens is 276 g/mol. The summed E-state index contributed by atoms with van der Waals surface area (Å²) in [6, 6.07) is 0. The van der Waals surface area contributed by atoms with Crippen molar-refractivity contribution < 1.29 is 10.2 Å². The monoisotopic (exact) mass is 300 g/mol. The van der Waals surface area contributed by atoms with Gasteiger partial charge in [-0.25, -0.2) is 0 Å². The number of halogens is 1. The van der Waals surface area contributed by atoms with Gasteiger partial charge in [-0.2, -0.15) is 5.10 Å². The molecule has 0 bridgehead atoms. The number of aliphatic hydroxyl groups is 2. The zero-order valence-electron chi connectivity index (χ0n) is 12.6. The summed E-state index contributed by atoms with van der Waals surface area (Å²) >= 11 is 6.27. The van der Waals surface area contributed by atoms with Crippen LogP contribution in [0.5, 0.6) is 0 Å². The summed E-state index contributed by atoms with van der Waals surface area (Å²) in [6.07, 6.45) is 2.83. The smallest absolute Gasteiger partial charge is 0.0909 e. The molecular formula is C15H25ClN2O2. The van der Waals surface area contributed by atoms with E-state index in [0.717, 1.165) is 24.2 Å². The van der Waals surface area contributed by atoms with Crippen LogP contribution in [0.2, 0.25) is 5.02 Å². The number of nitrogens with zero attached hydrogens (tertiary/aromatic N) is 2. The molecule has 4 nitrogen and oxygen atoms in total. The van der Waals surface area contributed by atoms with E-state index in [2.05, 4.69) is 12.0 Å². The average Bonchev–Trinajstić information content (AvgIpc) is 2.70. The van der Waals surface area contributed by atoms with E-state index in [1.165, 1.54) is 0 Å². The van der Waals surface area contributed by atoms with Crippen LogP contribution >= 0.6 is 11.6 Å². The molecule has 0 radical (unpaired) electrons. The Morgan fingerprint density at radius 3 is 2.60 bits per heavy atom. The highest BCUT2D eigenvalue weighted by Crippen LogP contribution is 2.36. The first-order chi connectivity index (χ1) is 9.37. The fourth-order valence-electron chi connectivity index (χ4n) is 3.03. The molecule has 2 rings (SSSR count). The topological polar surface area (TPSA) is 58.3 Å². The van der Waals surface area contributed by atoms with Crippen LogP contribution in [0.15, 0.2) is 0 Å². The van der Waals surface area contributed by atoms with Gasteiger partial charge in [-0.05, 0) is 45.4 Å². The van der Waals surface area contributed by atoms with E-state index in [1.54, 1.807) is 0 Å². The van der Waals surface area contributed by atoms with Gasteiger partial charge in [0.1, 0.15) is 0 Å². The standard InChI is InChI=1S/C15H25ClN2O2/c1-4-18-12(14(16)11(3)17-18)9-13(19)15(20)7-5-10(2)6-8-15/h10,13,19-20H,4-9H2,1-3H3. The van der Waals surface area contributed by atoms with Gasteiger partial charge in [-0.3, -0.25) is 4.68 Å². The van der Waals surface area contributed by atoms with Gasteiger partial charge in [-0.1, -0.05) is 18.5 Å². The molecule has 114 valence electrons. The molecule has 1 unspecified atom stereocenters. The Balaban J connectivity index is 2.13. The van der Waals surface area contributed by atoms with Crippen LogP contribution in [0, 0.1) is 12.8 Å². The van der Waals surface area contributed by atoms with E-state index in [-0.39, 0.29) is 0 Å². The summed E-state index contributed by atoms with van der Waals surface area (Å²) in [5.74, 6) is 0.634. The van der Waals surface area contributed by atoms with Gasteiger partial charge in [-0.15, -0.1) is 0 Å². The SMILES string of the molecule is CCn1nc(C)c(Cl)c1CC(O)C1(O)CCC(C)CC1. The fourth-order valence-corrected chi connectivity index (χ4v) is 3.24. The molecule has 1 aromatic heterocycles. The Kier molecular flexibility index (Phi) is 4.77. The molecule has 1 aliphatic carbocycles. The third-order valence-electron chi connectivity index (χ3n) is 4.60. The van der Waals surface area contributed by atoms with Crippen molar-refractivity contribution in [2.75, 3.05) is 0 Å². The molecule has 2 N–H and O–H groups in total. The molecule has 1 saturated carbocycles. The van der Waals surface area contributed by atoms with Gasteiger partial charge in [0.2, 0.25) is 0 Å². The lowest BCUT2D eigenvalue weighted by Gasteiger charge is -2.38. The summed E-state index contributed by atoms with van der Waals surface area (Å²) in [5, 5.41) is 26.1. The third kappa shape index (κ3) is 3.02. The summed E-state index contributed by atoms with van der Waals surface area (Å²) in [5.41, 5.74) is 0.623. The molecule has 0 aromatic carbocycles. The minimum atomic E-state index is -0.980. The summed E-state index contributed by atoms with van der Waals surface area (Å²) < 4.78 is 1.82. The minimum Gasteiger partial charge on any atom is -0.390 e. The predicted molar refractivity (Wildman–Crippen MR) is 79.9 cm³/mol. The zero-order valence-corrected chi connectivity index (χ0v) is 13.3. The van der Waals surface area contributed by atoms with Crippen LogP contribution in [-0.4, -0.2) is 31.7 Å². The normalized spacial score (nSPS) is 28.6. The second kappa shape index (κ2) is 6.04. The molecule has 20 heavy (non-hydrogen) atoms. The van der Waals surface area contributed by atoms with E-state index in [1.807, 2.05) is 18.5 Å². The zero-order chi connectivity index (χ0) is 14.9. The lowest BCUT2D eigenvalue weighted by atomic mass is 9.75. The van der Waals surface area contributed by atoms with Crippen molar-refractivity contribution in [3.05, 3.63) is 16.4 Å². The Bertz CT molecular complexity index is 465. The number of hydrogen-bond donors (Lipinski definition) is 2. The molecule has 1 fully saturated rings. The van der Waals surface area contributed by atoms with Gasteiger partial charge >= 0.3 is 0 Å². The molecule has 1 heterocycles. The van der Waals surface area contributed by atoms with Gasteiger partial charge in [0.15, 0.2) is 0 Å². The van der Waals surface area contributed by atoms with Crippen molar-refractivity contribution in [3.63, 3.8) is 0 Å². The number of aryl methyl sites for hydroxylation is 2. The van der Waals surface area contributed by atoms with Crippen LogP contribution in [0.4, 0.5) is 0 Å². The first kappa shape index (κ1) is 15.8.